The topological polar surface area (TPSA) is 54.7 Å². The van der Waals surface area contributed by atoms with Crippen LogP contribution in [0.4, 0.5) is 5.82 Å². The summed E-state index contributed by atoms with van der Waals surface area (Å²) in [5.74, 6) is 0.431. The Kier molecular flexibility index (Phi) is 3.77. The number of halogens is 3. The minimum absolute atomic E-state index is 0.431. The van der Waals surface area contributed by atoms with Crippen molar-refractivity contribution in [3.8, 4) is 22.4 Å². The lowest BCUT2D eigenvalue weighted by atomic mass is 10.0. The van der Waals surface area contributed by atoms with Crippen molar-refractivity contribution < 1.29 is 0 Å². The Balaban J connectivity index is 2.19. The number of hydrogen-bond donors (Lipinski definition) is 2. The van der Waals surface area contributed by atoms with Gasteiger partial charge in [0.15, 0.2) is 5.82 Å². The number of H-pyrrole nitrogens is 1. The number of nitrogen functional groups attached to an aromatic ring is 1. The normalized spacial score (nSPS) is 10.9. The van der Waals surface area contributed by atoms with E-state index >= 15 is 0 Å². The monoisotopic (exact) mass is 387 g/mol. The summed E-state index contributed by atoms with van der Waals surface area (Å²) >= 11 is 16.9. The van der Waals surface area contributed by atoms with Gasteiger partial charge in [-0.1, -0.05) is 51.3 Å². The Bertz CT molecular complexity index is 765. The van der Waals surface area contributed by atoms with Crippen molar-refractivity contribution in [3.63, 3.8) is 0 Å². The molecule has 0 atom stereocenters. The van der Waals surface area contributed by atoms with E-state index in [1.807, 2.05) is 30.3 Å². The molecule has 0 unspecified atom stereocenters. The Morgan fingerprint density at radius 1 is 1.20 bits per heavy atom. The number of benzene rings is 1. The molecule has 0 fully saturated rings. The number of hydrogen-bond acceptors (Lipinski definition) is 3. The highest BCUT2D eigenvalue weighted by Gasteiger charge is 2.18. The third kappa shape index (κ3) is 2.46. The Hall–Kier alpha value is -1.01. The van der Waals surface area contributed by atoms with Gasteiger partial charge in [-0.2, -0.15) is 5.10 Å². The second-order valence-corrected chi connectivity index (χ2v) is 7.30. The zero-order chi connectivity index (χ0) is 14.3. The van der Waals surface area contributed by atoms with E-state index in [9.17, 15) is 0 Å². The number of nitrogens with two attached hydrogens (primary N) is 1. The number of aromatic amines is 1. The molecule has 3 N–H and O–H groups in total. The van der Waals surface area contributed by atoms with Crippen LogP contribution >= 0.6 is 50.5 Å². The fourth-order valence-electron chi connectivity index (χ4n) is 1.97. The summed E-state index contributed by atoms with van der Waals surface area (Å²) in [6, 6.07) is 9.65. The molecule has 0 amide bonds. The van der Waals surface area contributed by atoms with Gasteiger partial charge < -0.3 is 5.73 Å². The zero-order valence-corrected chi connectivity index (χ0v) is 13.9. The van der Waals surface area contributed by atoms with E-state index in [1.165, 1.54) is 11.3 Å². The molecule has 0 spiro atoms. The largest absolute Gasteiger partial charge is 0.382 e. The van der Waals surface area contributed by atoms with Crippen molar-refractivity contribution in [2.24, 2.45) is 0 Å². The maximum absolute atomic E-state index is 6.21. The molecular formula is C13H8BrCl2N3S. The van der Waals surface area contributed by atoms with E-state index in [1.54, 1.807) is 0 Å². The van der Waals surface area contributed by atoms with E-state index in [2.05, 4.69) is 26.1 Å². The summed E-state index contributed by atoms with van der Waals surface area (Å²) in [6.45, 7) is 0. The molecule has 1 aromatic carbocycles. The van der Waals surface area contributed by atoms with Gasteiger partial charge in [0, 0.05) is 10.0 Å². The molecule has 0 radical (unpaired) electrons. The summed E-state index contributed by atoms with van der Waals surface area (Å²) in [6.07, 6.45) is 0. The van der Waals surface area contributed by atoms with Gasteiger partial charge in [0.1, 0.15) is 4.34 Å². The first kappa shape index (κ1) is 13.9. The van der Waals surface area contributed by atoms with Crippen molar-refractivity contribution in [1.29, 1.82) is 0 Å². The van der Waals surface area contributed by atoms with Crippen LogP contribution in [0, 0.1) is 0 Å². The summed E-state index contributed by atoms with van der Waals surface area (Å²) in [5, 5.41) is 7.02. The molecule has 3 aromatic rings. The van der Waals surface area contributed by atoms with Gasteiger partial charge in [-0.15, -0.1) is 11.3 Å². The third-order valence-corrected chi connectivity index (χ3v) is 4.87. The molecule has 0 aliphatic heterocycles. The van der Waals surface area contributed by atoms with Gasteiger partial charge >= 0.3 is 0 Å². The van der Waals surface area contributed by atoms with Gasteiger partial charge in [0.2, 0.25) is 0 Å². The number of nitrogens with zero attached hydrogens (tertiary/aromatic N) is 1. The van der Waals surface area contributed by atoms with E-state index in [0.29, 0.717) is 14.5 Å². The first-order valence-corrected chi connectivity index (χ1v) is 7.98. The van der Waals surface area contributed by atoms with Crippen LogP contribution in [0.3, 0.4) is 0 Å². The highest BCUT2D eigenvalue weighted by molar-refractivity contribution is 9.10. The van der Waals surface area contributed by atoms with Gasteiger partial charge in [-0.3, -0.25) is 5.10 Å². The number of thiophene rings is 1. The molecule has 20 heavy (non-hydrogen) atoms. The lowest BCUT2D eigenvalue weighted by molar-refractivity contribution is 1.10. The van der Waals surface area contributed by atoms with Crippen molar-refractivity contribution >= 4 is 56.3 Å². The number of aromatic nitrogens is 2. The Morgan fingerprint density at radius 3 is 2.50 bits per heavy atom. The van der Waals surface area contributed by atoms with Crippen LogP contribution in [0.25, 0.3) is 22.4 Å². The zero-order valence-electron chi connectivity index (χ0n) is 9.95. The maximum atomic E-state index is 6.21. The molecule has 3 nitrogen and oxygen atoms in total. The minimum Gasteiger partial charge on any atom is -0.382 e. The molecular weight excluding hydrogens is 381 g/mol. The number of rotatable bonds is 2. The average molecular weight is 389 g/mol. The first-order chi connectivity index (χ1) is 9.56. The Morgan fingerprint density at radius 2 is 1.90 bits per heavy atom. The Labute approximate surface area is 137 Å². The second kappa shape index (κ2) is 5.41. The molecule has 7 heteroatoms. The molecule has 0 aliphatic carbocycles. The SMILES string of the molecule is Nc1n[nH]c(-c2cc(Cl)sc2Cl)c1-c1ccc(Br)cc1. The van der Waals surface area contributed by atoms with Crippen LogP contribution < -0.4 is 5.73 Å². The highest BCUT2D eigenvalue weighted by atomic mass is 79.9. The lowest BCUT2D eigenvalue weighted by Crippen LogP contribution is -1.88. The molecule has 0 aliphatic rings. The third-order valence-electron chi connectivity index (χ3n) is 2.85. The predicted octanol–water partition coefficient (Wildman–Crippen LogP) is 5.46. The summed E-state index contributed by atoms with van der Waals surface area (Å²) in [7, 11) is 0. The van der Waals surface area contributed by atoms with E-state index < -0.39 is 0 Å². The van der Waals surface area contributed by atoms with Crippen LogP contribution in [-0.2, 0) is 0 Å². The van der Waals surface area contributed by atoms with Crippen molar-refractivity contribution in [2.45, 2.75) is 0 Å². The standard InChI is InChI=1S/C13H8BrCl2N3S/c14-7-3-1-6(2-4-7)10-11(18-19-13(10)17)8-5-9(15)20-12(8)16/h1-5H,(H3,17,18,19). The fourth-order valence-corrected chi connectivity index (χ4v) is 3.71. The summed E-state index contributed by atoms with van der Waals surface area (Å²) < 4.78 is 2.23. The first-order valence-electron chi connectivity index (χ1n) is 5.61. The quantitative estimate of drug-likeness (QED) is 0.612. The molecule has 2 aromatic heterocycles. The number of anilines is 1. The highest BCUT2D eigenvalue weighted by Crippen LogP contribution is 2.42. The van der Waals surface area contributed by atoms with Gasteiger partial charge in [-0.25, -0.2) is 0 Å². The van der Waals surface area contributed by atoms with Crippen LogP contribution in [0.5, 0.6) is 0 Å². The molecule has 0 saturated carbocycles. The van der Waals surface area contributed by atoms with Gasteiger partial charge in [0.05, 0.1) is 15.6 Å². The minimum atomic E-state index is 0.431. The molecule has 3 rings (SSSR count). The van der Waals surface area contributed by atoms with E-state index in [4.69, 9.17) is 28.9 Å². The second-order valence-electron chi connectivity index (χ2n) is 4.10. The number of nitrogens with one attached hydrogen (secondary N) is 1. The van der Waals surface area contributed by atoms with Crippen LogP contribution in [0.2, 0.25) is 8.67 Å². The van der Waals surface area contributed by atoms with Crippen molar-refractivity contribution in [3.05, 3.63) is 43.5 Å². The van der Waals surface area contributed by atoms with Crippen LogP contribution in [0.1, 0.15) is 0 Å². The molecule has 102 valence electrons. The fraction of sp³-hybridized carbons (Fsp3) is 0. The smallest absolute Gasteiger partial charge is 0.153 e. The molecule has 2 heterocycles. The lowest BCUT2D eigenvalue weighted by Gasteiger charge is -2.04. The van der Waals surface area contributed by atoms with Gasteiger partial charge in [0.25, 0.3) is 0 Å². The van der Waals surface area contributed by atoms with Crippen molar-refractivity contribution in [2.75, 3.05) is 5.73 Å². The van der Waals surface area contributed by atoms with Crippen molar-refractivity contribution in [1.82, 2.24) is 10.2 Å². The van der Waals surface area contributed by atoms with Gasteiger partial charge in [-0.05, 0) is 23.8 Å². The van der Waals surface area contributed by atoms with E-state index in [-0.39, 0.29) is 0 Å². The predicted molar refractivity (Wildman–Crippen MR) is 89.5 cm³/mol. The summed E-state index contributed by atoms with van der Waals surface area (Å²) in [5.41, 5.74) is 9.36. The summed E-state index contributed by atoms with van der Waals surface area (Å²) in [4.78, 5) is 0. The van der Waals surface area contributed by atoms with Crippen LogP contribution in [0.15, 0.2) is 34.8 Å². The molecule has 0 bridgehead atoms. The maximum Gasteiger partial charge on any atom is 0.153 e. The molecule has 0 saturated heterocycles. The van der Waals surface area contributed by atoms with E-state index in [0.717, 1.165) is 26.9 Å². The average Bonchev–Trinajstić information content (AvgIpc) is 2.93. The van der Waals surface area contributed by atoms with Crippen LogP contribution in [-0.4, -0.2) is 10.2 Å².